The van der Waals surface area contributed by atoms with Crippen molar-refractivity contribution in [3.05, 3.63) is 63.7 Å². The first-order valence-corrected chi connectivity index (χ1v) is 17.2. The standard InChI is InChI=1S/C28H23N9O11S3/c1-9-4-15(37-28(30-9)33-20(34-37)26(46)47)49-6-11-7-50-23-17(22(41)36(23)18(11)24(42)43)32-21(40)16(12-8-51-27(29)31-12)35-48-19(25(44)45)10-2-3-13(38)14(39)5-10/h2-5,8,17,19,23,38-39H,6-7H2,1H3,(H2,29,31)(H,32,40)(H,42,43)(H,44,45)(H,46,47)/b35-16-/t17-,19?,23-/m1/s1. The molecular formula is C28H23N9O11S3. The maximum atomic E-state index is 13.5. The van der Waals surface area contributed by atoms with Gasteiger partial charge < -0.3 is 41.4 Å². The molecule has 6 rings (SSSR count). The predicted octanol–water partition coefficient (Wildman–Crippen LogP) is 0.658. The summed E-state index contributed by atoms with van der Waals surface area (Å²) in [4.78, 5) is 81.1. The quantitative estimate of drug-likeness (QED) is 0.0261. The molecule has 1 aromatic carbocycles. The van der Waals surface area contributed by atoms with Crippen LogP contribution < -0.4 is 11.1 Å². The SMILES string of the molecule is Cc1cc(SCC2=C(C(=O)O)N3C(=O)[C@@H](NC(=O)/C(=N\OC(C(=O)O)c4ccc(O)c(O)c4)c4csc(N)n4)[C@H]3SC2)n2nc(C(=O)O)nc2n1. The number of nitrogens with zero attached hydrogens (tertiary/aromatic N) is 7. The Bertz CT molecular complexity index is 2200. The molecule has 0 saturated carbocycles. The Morgan fingerprint density at radius 3 is 2.53 bits per heavy atom. The Labute approximate surface area is 296 Å². The van der Waals surface area contributed by atoms with Gasteiger partial charge in [-0.25, -0.2) is 24.4 Å². The van der Waals surface area contributed by atoms with Gasteiger partial charge in [0, 0.05) is 28.1 Å². The molecule has 23 heteroatoms. The summed E-state index contributed by atoms with van der Waals surface area (Å²) >= 11 is 3.27. The van der Waals surface area contributed by atoms with Crippen LogP contribution in [0.1, 0.15) is 33.7 Å². The third kappa shape index (κ3) is 6.80. The van der Waals surface area contributed by atoms with Gasteiger partial charge in [0.25, 0.3) is 23.4 Å². The molecule has 1 fully saturated rings. The number of nitrogen functional groups attached to an aromatic ring is 1. The molecule has 20 nitrogen and oxygen atoms in total. The molecule has 8 N–H and O–H groups in total. The van der Waals surface area contributed by atoms with E-state index < -0.39 is 70.3 Å². The lowest BCUT2D eigenvalue weighted by Gasteiger charge is -2.49. The van der Waals surface area contributed by atoms with Gasteiger partial charge >= 0.3 is 17.9 Å². The monoisotopic (exact) mass is 757 g/mol. The number of carboxylic acid groups (broad SMARTS) is 3. The van der Waals surface area contributed by atoms with Crippen LogP contribution in [0.5, 0.6) is 11.5 Å². The summed E-state index contributed by atoms with van der Waals surface area (Å²) < 4.78 is 1.23. The van der Waals surface area contributed by atoms with E-state index in [-0.39, 0.29) is 39.4 Å². The number of hydrogen-bond donors (Lipinski definition) is 7. The van der Waals surface area contributed by atoms with Gasteiger partial charge in [0.05, 0.1) is 0 Å². The molecule has 51 heavy (non-hydrogen) atoms. The molecule has 1 unspecified atom stereocenters. The van der Waals surface area contributed by atoms with Gasteiger partial charge in [-0.05, 0) is 30.7 Å². The van der Waals surface area contributed by atoms with Crippen LogP contribution in [-0.4, -0.2) is 113 Å². The number of aliphatic carboxylic acids is 2. The summed E-state index contributed by atoms with van der Waals surface area (Å²) in [5.74, 6) is -7.37. The van der Waals surface area contributed by atoms with Crippen LogP contribution in [0.25, 0.3) is 5.78 Å². The van der Waals surface area contributed by atoms with Gasteiger partial charge in [0.2, 0.25) is 6.10 Å². The Hall–Kier alpha value is -5.94. The van der Waals surface area contributed by atoms with E-state index in [9.17, 15) is 49.5 Å². The minimum absolute atomic E-state index is 0.0351. The second kappa shape index (κ2) is 13.8. The largest absolute Gasteiger partial charge is 0.504 e. The first kappa shape index (κ1) is 34.9. The van der Waals surface area contributed by atoms with E-state index in [0.717, 1.165) is 46.2 Å². The number of aryl methyl sites for hydroxylation is 1. The zero-order chi connectivity index (χ0) is 36.7. The number of aromatic nitrogens is 5. The number of thioether (sulfide) groups is 2. The van der Waals surface area contributed by atoms with Crippen LogP contribution in [0, 0.1) is 6.92 Å². The number of oxime groups is 1. The number of carbonyl (C=O) groups is 5. The van der Waals surface area contributed by atoms with Crippen molar-refractivity contribution in [3.8, 4) is 11.5 Å². The first-order chi connectivity index (χ1) is 24.2. The maximum absolute atomic E-state index is 13.5. The smallest absolute Gasteiger partial charge is 0.375 e. The number of phenols is 2. The van der Waals surface area contributed by atoms with Crippen molar-refractivity contribution in [2.24, 2.45) is 5.16 Å². The number of anilines is 1. The predicted molar refractivity (Wildman–Crippen MR) is 177 cm³/mol. The number of nitrogens with two attached hydrogens (primary N) is 1. The van der Waals surface area contributed by atoms with Crippen LogP contribution in [0.4, 0.5) is 5.13 Å². The van der Waals surface area contributed by atoms with E-state index in [1.165, 1.54) is 21.7 Å². The number of rotatable bonds is 12. The van der Waals surface area contributed by atoms with E-state index in [1.54, 1.807) is 13.0 Å². The number of hydrogen-bond acceptors (Lipinski definition) is 17. The van der Waals surface area contributed by atoms with E-state index in [2.05, 4.69) is 30.5 Å². The summed E-state index contributed by atoms with van der Waals surface area (Å²) in [6.07, 6.45) is -1.85. The highest BCUT2D eigenvalue weighted by Gasteiger charge is 2.54. The zero-order valence-electron chi connectivity index (χ0n) is 25.7. The number of amides is 2. The summed E-state index contributed by atoms with van der Waals surface area (Å²) in [5, 5.41) is 59.7. The van der Waals surface area contributed by atoms with Crippen molar-refractivity contribution < 1.29 is 54.3 Å². The number of phenolic OH excluding ortho intramolecular Hbond substituents is 2. The van der Waals surface area contributed by atoms with E-state index >= 15 is 0 Å². The molecular weight excluding hydrogens is 735 g/mol. The number of nitrogens with one attached hydrogen (secondary N) is 1. The highest BCUT2D eigenvalue weighted by molar-refractivity contribution is 8.01. The molecule has 2 aliphatic heterocycles. The highest BCUT2D eigenvalue weighted by Crippen LogP contribution is 2.42. The molecule has 264 valence electrons. The van der Waals surface area contributed by atoms with Crippen molar-refractivity contribution in [2.75, 3.05) is 17.2 Å². The maximum Gasteiger partial charge on any atom is 0.375 e. The number of carboxylic acids is 3. The number of thiazole rings is 1. The average molecular weight is 758 g/mol. The molecule has 5 heterocycles. The van der Waals surface area contributed by atoms with Gasteiger partial charge in [-0.2, -0.15) is 9.50 Å². The number of aromatic hydroxyl groups is 2. The molecule has 1 saturated heterocycles. The van der Waals surface area contributed by atoms with Crippen LogP contribution >= 0.6 is 34.9 Å². The second-order valence-corrected chi connectivity index (χ2v) is 13.7. The van der Waals surface area contributed by atoms with Crippen LogP contribution in [-0.2, 0) is 24.0 Å². The van der Waals surface area contributed by atoms with Gasteiger partial charge in [0.15, 0.2) is 22.3 Å². The molecule has 2 amide bonds. The van der Waals surface area contributed by atoms with Crippen molar-refractivity contribution in [1.82, 2.24) is 34.8 Å². The lowest BCUT2D eigenvalue weighted by molar-refractivity contribution is -0.151. The number of benzene rings is 1. The number of fused-ring (bicyclic) bond motifs is 2. The van der Waals surface area contributed by atoms with Gasteiger partial charge in [0.1, 0.15) is 27.8 Å². The fraction of sp³-hybridized carbons (Fsp3) is 0.214. The minimum Gasteiger partial charge on any atom is -0.504 e. The van der Waals surface area contributed by atoms with Crippen LogP contribution in [0.2, 0.25) is 0 Å². The van der Waals surface area contributed by atoms with E-state index in [4.69, 9.17) is 10.6 Å². The Kier molecular flexibility index (Phi) is 9.42. The minimum atomic E-state index is -1.85. The van der Waals surface area contributed by atoms with E-state index in [0.29, 0.717) is 16.3 Å². The Morgan fingerprint density at radius 1 is 1.12 bits per heavy atom. The fourth-order valence-corrected chi connectivity index (χ4v) is 8.05. The normalized spacial score (nSPS) is 17.9. The zero-order valence-corrected chi connectivity index (χ0v) is 28.1. The van der Waals surface area contributed by atoms with E-state index in [1.807, 2.05) is 0 Å². The highest BCUT2D eigenvalue weighted by atomic mass is 32.2. The van der Waals surface area contributed by atoms with Gasteiger partial charge in [-0.1, -0.05) is 11.2 Å². The van der Waals surface area contributed by atoms with Crippen molar-refractivity contribution in [2.45, 2.75) is 29.5 Å². The summed E-state index contributed by atoms with van der Waals surface area (Å²) in [6, 6.07) is 3.55. The molecule has 0 radical (unpaired) electrons. The molecule has 0 aliphatic carbocycles. The number of aromatic carboxylic acids is 1. The van der Waals surface area contributed by atoms with Crippen molar-refractivity contribution in [3.63, 3.8) is 0 Å². The molecule has 3 aromatic heterocycles. The average Bonchev–Trinajstić information content (AvgIpc) is 3.71. The molecule has 2 aliphatic rings. The van der Waals surface area contributed by atoms with Crippen LogP contribution in [0.3, 0.4) is 0 Å². The number of carbonyl (C=O) groups excluding carboxylic acids is 2. The molecule has 0 spiro atoms. The second-order valence-electron chi connectivity index (χ2n) is 10.7. The van der Waals surface area contributed by atoms with Gasteiger partial charge in [-0.15, -0.1) is 40.0 Å². The summed E-state index contributed by atoms with van der Waals surface area (Å²) in [6.45, 7) is 1.67. The lowest BCUT2D eigenvalue weighted by Crippen LogP contribution is -2.71. The number of β-lactam (4-membered cyclic amide) rings is 1. The lowest BCUT2D eigenvalue weighted by atomic mass is 10.0. The Morgan fingerprint density at radius 2 is 1.88 bits per heavy atom. The third-order valence-corrected chi connectivity index (χ3v) is 10.4. The topological polar surface area (TPSA) is 305 Å². The third-order valence-electron chi connectivity index (χ3n) is 7.29. The van der Waals surface area contributed by atoms with Crippen molar-refractivity contribution in [1.29, 1.82) is 0 Å². The molecule has 0 bridgehead atoms. The fourth-order valence-electron chi connectivity index (χ4n) is 4.97. The van der Waals surface area contributed by atoms with Gasteiger partial charge in [-0.3, -0.25) is 14.5 Å². The first-order valence-electron chi connectivity index (χ1n) is 14.2. The van der Waals surface area contributed by atoms with Crippen molar-refractivity contribution >= 4 is 81.2 Å². The summed E-state index contributed by atoms with van der Waals surface area (Å²) in [5.41, 5.74) is 5.56. The molecule has 4 aromatic rings. The van der Waals surface area contributed by atoms with Crippen LogP contribution in [0.15, 0.2) is 51.1 Å². The Balaban J connectivity index is 1.21. The molecule has 3 atom stereocenters. The summed E-state index contributed by atoms with van der Waals surface area (Å²) in [7, 11) is 0.